The second-order valence-corrected chi connectivity index (χ2v) is 5.71. The van der Waals surface area contributed by atoms with Crippen LogP contribution in [0.3, 0.4) is 0 Å². The van der Waals surface area contributed by atoms with E-state index in [0.717, 1.165) is 10.4 Å². The van der Waals surface area contributed by atoms with Crippen LogP contribution in [0.25, 0.3) is 0 Å². The Bertz CT molecular complexity index is 568. The Morgan fingerprint density at radius 2 is 2.06 bits per heavy atom. The first-order chi connectivity index (χ1) is 8.54. The van der Waals surface area contributed by atoms with Crippen molar-refractivity contribution in [2.75, 3.05) is 7.05 Å². The van der Waals surface area contributed by atoms with Crippen molar-refractivity contribution in [1.82, 2.24) is 5.32 Å². The van der Waals surface area contributed by atoms with Crippen LogP contribution in [0, 0.1) is 12.7 Å². The quantitative estimate of drug-likeness (QED) is 0.858. The van der Waals surface area contributed by atoms with Gasteiger partial charge in [-0.15, -0.1) is 11.3 Å². The lowest BCUT2D eigenvalue weighted by molar-refractivity contribution is 0.579. The van der Waals surface area contributed by atoms with E-state index in [1.54, 1.807) is 19.2 Å². The minimum Gasteiger partial charge on any atom is -0.309 e. The van der Waals surface area contributed by atoms with Crippen LogP contribution < -0.4 is 5.32 Å². The molecule has 0 aliphatic rings. The highest BCUT2D eigenvalue weighted by Crippen LogP contribution is 2.36. The molecule has 1 heterocycles. The summed E-state index contributed by atoms with van der Waals surface area (Å²) in [5.74, 6) is -0.330. The molecule has 0 aliphatic carbocycles. The zero-order valence-electron chi connectivity index (χ0n) is 9.93. The SMILES string of the molecule is CNC(c1ccc(Cl)cc1F)c1scc(C)c1Cl. The van der Waals surface area contributed by atoms with Crippen molar-refractivity contribution in [1.29, 1.82) is 0 Å². The average Bonchev–Trinajstić information content (AvgIpc) is 2.65. The van der Waals surface area contributed by atoms with E-state index in [1.807, 2.05) is 12.3 Å². The number of nitrogens with one attached hydrogen (secondary N) is 1. The first kappa shape index (κ1) is 13.8. The lowest BCUT2D eigenvalue weighted by Crippen LogP contribution is -2.18. The van der Waals surface area contributed by atoms with Crippen molar-refractivity contribution in [2.24, 2.45) is 0 Å². The summed E-state index contributed by atoms with van der Waals surface area (Å²) < 4.78 is 13.9. The normalized spacial score (nSPS) is 12.7. The highest BCUT2D eigenvalue weighted by atomic mass is 35.5. The summed E-state index contributed by atoms with van der Waals surface area (Å²) in [6.07, 6.45) is 0. The molecule has 1 atom stereocenters. The zero-order chi connectivity index (χ0) is 13.3. The van der Waals surface area contributed by atoms with Gasteiger partial charge in [-0.1, -0.05) is 29.3 Å². The second-order valence-electron chi connectivity index (χ2n) is 3.98. The predicted octanol–water partition coefficient (Wildman–Crippen LogP) is 4.81. The van der Waals surface area contributed by atoms with Crippen molar-refractivity contribution in [3.63, 3.8) is 0 Å². The van der Waals surface area contributed by atoms with E-state index in [4.69, 9.17) is 23.2 Å². The van der Waals surface area contributed by atoms with Crippen LogP contribution in [0.5, 0.6) is 0 Å². The third kappa shape index (κ3) is 2.54. The molecule has 0 saturated carbocycles. The highest BCUT2D eigenvalue weighted by Gasteiger charge is 2.21. The van der Waals surface area contributed by atoms with E-state index in [0.29, 0.717) is 15.6 Å². The molecule has 1 unspecified atom stereocenters. The number of hydrogen-bond acceptors (Lipinski definition) is 2. The molecule has 2 rings (SSSR count). The van der Waals surface area contributed by atoms with Gasteiger partial charge < -0.3 is 5.32 Å². The van der Waals surface area contributed by atoms with Crippen LogP contribution in [-0.2, 0) is 0 Å². The van der Waals surface area contributed by atoms with E-state index >= 15 is 0 Å². The molecule has 5 heteroatoms. The number of hydrogen-bond donors (Lipinski definition) is 1. The number of halogens is 3. The molecule has 0 bridgehead atoms. The van der Waals surface area contributed by atoms with E-state index in [9.17, 15) is 4.39 Å². The number of thiophene rings is 1. The monoisotopic (exact) mass is 303 g/mol. The lowest BCUT2D eigenvalue weighted by atomic mass is 10.0. The van der Waals surface area contributed by atoms with Crippen molar-refractivity contribution < 1.29 is 4.39 Å². The second kappa shape index (κ2) is 5.57. The van der Waals surface area contributed by atoms with Gasteiger partial charge >= 0.3 is 0 Å². The first-order valence-corrected chi connectivity index (χ1v) is 7.04. The fourth-order valence-corrected chi connectivity index (χ4v) is 3.40. The van der Waals surface area contributed by atoms with E-state index in [1.165, 1.54) is 17.4 Å². The van der Waals surface area contributed by atoms with Gasteiger partial charge in [0.1, 0.15) is 5.82 Å². The molecule has 1 N–H and O–H groups in total. The van der Waals surface area contributed by atoms with Crippen LogP contribution in [0.4, 0.5) is 4.39 Å². The minimum atomic E-state index is -0.330. The fraction of sp³-hybridized carbons (Fsp3) is 0.231. The Hall–Kier alpha value is -0.610. The van der Waals surface area contributed by atoms with Crippen LogP contribution in [0.2, 0.25) is 10.0 Å². The Balaban J connectivity index is 2.48. The Labute approximate surface area is 120 Å². The smallest absolute Gasteiger partial charge is 0.129 e. The summed E-state index contributed by atoms with van der Waals surface area (Å²) in [6.45, 7) is 1.94. The molecule has 1 aromatic heterocycles. The van der Waals surface area contributed by atoms with Gasteiger partial charge in [0, 0.05) is 15.5 Å². The predicted molar refractivity (Wildman–Crippen MR) is 76.4 cm³/mol. The molecular formula is C13H12Cl2FNS. The van der Waals surface area contributed by atoms with Crippen LogP contribution in [0.15, 0.2) is 23.6 Å². The summed E-state index contributed by atoms with van der Waals surface area (Å²) >= 11 is 13.5. The molecule has 0 aliphatic heterocycles. The minimum absolute atomic E-state index is 0.256. The van der Waals surface area contributed by atoms with Gasteiger partial charge in [-0.2, -0.15) is 0 Å². The Morgan fingerprint density at radius 1 is 1.33 bits per heavy atom. The maximum atomic E-state index is 13.9. The summed E-state index contributed by atoms with van der Waals surface area (Å²) in [5, 5.41) is 6.14. The number of rotatable bonds is 3. The molecule has 0 amide bonds. The number of aryl methyl sites for hydroxylation is 1. The van der Waals surface area contributed by atoms with Crippen molar-refractivity contribution in [3.8, 4) is 0 Å². The maximum Gasteiger partial charge on any atom is 0.129 e. The summed E-state index contributed by atoms with van der Waals surface area (Å²) in [7, 11) is 1.78. The molecule has 0 saturated heterocycles. The van der Waals surface area contributed by atoms with Gasteiger partial charge in [-0.3, -0.25) is 0 Å². The van der Waals surface area contributed by atoms with E-state index in [2.05, 4.69) is 5.32 Å². The van der Waals surface area contributed by atoms with Gasteiger partial charge in [-0.05, 0) is 37.0 Å². The van der Waals surface area contributed by atoms with Crippen LogP contribution in [-0.4, -0.2) is 7.05 Å². The van der Waals surface area contributed by atoms with Crippen molar-refractivity contribution in [2.45, 2.75) is 13.0 Å². The summed E-state index contributed by atoms with van der Waals surface area (Å²) in [6, 6.07) is 4.42. The standard InChI is InChI=1S/C13H12Cl2FNS/c1-7-6-18-13(11(7)15)12(17-2)9-4-3-8(14)5-10(9)16/h3-6,12,17H,1-2H3. The third-order valence-corrected chi connectivity index (χ3v) is 4.76. The largest absolute Gasteiger partial charge is 0.309 e. The van der Waals surface area contributed by atoms with Gasteiger partial charge in [-0.25, -0.2) is 4.39 Å². The topological polar surface area (TPSA) is 12.0 Å². The van der Waals surface area contributed by atoms with Crippen LogP contribution >= 0.6 is 34.5 Å². The van der Waals surface area contributed by atoms with E-state index in [-0.39, 0.29) is 11.9 Å². The molecule has 96 valence electrons. The van der Waals surface area contributed by atoms with Crippen molar-refractivity contribution in [3.05, 3.63) is 55.4 Å². The molecule has 0 fully saturated rings. The summed E-state index contributed by atoms with van der Waals surface area (Å²) in [5.41, 5.74) is 1.55. The molecule has 0 spiro atoms. The Morgan fingerprint density at radius 3 is 2.56 bits per heavy atom. The third-order valence-electron chi connectivity index (χ3n) is 2.75. The maximum absolute atomic E-state index is 13.9. The van der Waals surface area contributed by atoms with Gasteiger partial charge in [0.25, 0.3) is 0 Å². The number of benzene rings is 1. The van der Waals surface area contributed by atoms with Gasteiger partial charge in [0.2, 0.25) is 0 Å². The fourth-order valence-electron chi connectivity index (χ4n) is 1.81. The first-order valence-electron chi connectivity index (χ1n) is 5.40. The molecule has 18 heavy (non-hydrogen) atoms. The summed E-state index contributed by atoms with van der Waals surface area (Å²) in [4.78, 5) is 0.915. The average molecular weight is 304 g/mol. The van der Waals surface area contributed by atoms with Crippen molar-refractivity contribution >= 4 is 34.5 Å². The zero-order valence-corrected chi connectivity index (χ0v) is 12.3. The molecule has 1 nitrogen and oxygen atoms in total. The van der Waals surface area contributed by atoms with E-state index < -0.39 is 0 Å². The van der Waals surface area contributed by atoms with Gasteiger partial charge in [0.15, 0.2) is 0 Å². The molecular weight excluding hydrogens is 292 g/mol. The highest BCUT2D eigenvalue weighted by molar-refractivity contribution is 7.10. The molecule has 0 radical (unpaired) electrons. The van der Waals surface area contributed by atoms with Gasteiger partial charge in [0.05, 0.1) is 11.1 Å². The van der Waals surface area contributed by atoms with Crippen LogP contribution in [0.1, 0.15) is 22.0 Å². The lowest BCUT2D eigenvalue weighted by Gasteiger charge is -2.17. The molecule has 2 aromatic rings. The molecule has 1 aromatic carbocycles. The Kier molecular flexibility index (Phi) is 4.28.